The Morgan fingerprint density at radius 2 is 1.92 bits per heavy atom. The fourth-order valence-electron chi connectivity index (χ4n) is 2.92. The molecule has 1 aliphatic rings. The molecule has 132 valence electrons. The molecule has 0 saturated carbocycles. The molecule has 0 unspecified atom stereocenters. The van der Waals surface area contributed by atoms with Crippen LogP contribution in [-0.4, -0.2) is 27.5 Å². The number of nitrogens with one attached hydrogen (secondary N) is 1. The highest BCUT2D eigenvalue weighted by molar-refractivity contribution is 7.92. The number of fused-ring (bicyclic) bond motifs is 1. The molecule has 1 N–H and O–H groups in total. The fourth-order valence-corrected chi connectivity index (χ4v) is 4.20. The smallest absolute Gasteiger partial charge is 0.262 e. The molecule has 25 heavy (non-hydrogen) atoms. The van der Waals surface area contributed by atoms with E-state index in [-0.39, 0.29) is 10.8 Å². The van der Waals surface area contributed by atoms with Gasteiger partial charge in [-0.1, -0.05) is 17.7 Å². The van der Waals surface area contributed by atoms with Crippen LogP contribution in [0.2, 0.25) is 0 Å². The number of benzene rings is 2. The molecule has 0 bridgehead atoms. The molecule has 0 spiro atoms. The van der Waals surface area contributed by atoms with Crippen molar-refractivity contribution < 1.29 is 17.9 Å². The van der Waals surface area contributed by atoms with E-state index in [1.807, 2.05) is 13.0 Å². The number of aryl methyl sites for hydroxylation is 2. The highest BCUT2D eigenvalue weighted by atomic mass is 32.2. The molecule has 0 radical (unpaired) electrons. The van der Waals surface area contributed by atoms with E-state index in [0.717, 1.165) is 5.56 Å². The van der Waals surface area contributed by atoms with Crippen LogP contribution in [0.5, 0.6) is 5.75 Å². The van der Waals surface area contributed by atoms with Gasteiger partial charge in [0.05, 0.1) is 22.8 Å². The van der Waals surface area contributed by atoms with Crippen LogP contribution in [0.3, 0.4) is 0 Å². The van der Waals surface area contributed by atoms with Crippen LogP contribution in [0, 0.1) is 13.8 Å². The Hall–Kier alpha value is -2.54. The van der Waals surface area contributed by atoms with Crippen molar-refractivity contribution in [3.05, 3.63) is 47.5 Å². The van der Waals surface area contributed by atoms with Gasteiger partial charge >= 0.3 is 0 Å². The van der Waals surface area contributed by atoms with Crippen molar-refractivity contribution in [2.75, 3.05) is 22.8 Å². The van der Waals surface area contributed by atoms with Gasteiger partial charge in [0, 0.05) is 13.0 Å². The second-order valence-corrected chi connectivity index (χ2v) is 7.73. The molecular formula is C18H20N2O4S. The Morgan fingerprint density at radius 1 is 1.16 bits per heavy atom. The van der Waals surface area contributed by atoms with E-state index in [0.29, 0.717) is 35.8 Å². The first-order valence-corrected chi connectivity index (χ1v) is 9.41. The number of anilines is 2. The maximum Gasteiger partial charge on any atom is 0.262 e. The monoisotopic (exact) mass is 360 g/mol. The molecule has 1 aliphatic heterocycles. The summed E-state index contributed by atoms with van der Waals surface area (Å²) in [5, 5.41) is 0. The summed E-state index contributed by atoms with van der Waals surface area (Å²) in [6.45, 7) is 6.03. The van der Waals surface area contributed by atoms with Crippen LogP contribution in [0.25, 0.3) is 0 Å². The Balaban J connectivity index is 1.92. The maximum absolute atomic E-state index is 12.7. The molecule has 2 aromatic rings. The predicted molar refractivity (Wildman–Crippen MR) is 96.7 cm³/mol. The number of rotatable bonds is 3. The Bertz CT molecular complexity index is 938. The van der Waals surface area contributed by atoms with E-state index in [2.05, 4.69) is 4.72 Å². The molecule has 0 fully saturated rings. The van der Waals surface area contributed by atoms with Gasteiger partial charge in [-0.15, -0.1) is 0 Å². The molecule has 1 amide bonds. The van der Waals surface area contributed by atoms with Crippen LogP contribution >= 0.6 is 0 Å². The van der Waals surface area contributed by atoms with Crippen LogP contribution in [-0.2, 0) is 14.8 Å². The van der Waals surface area contributed by atoms with Crippen molar-refractivity contribution in [1.29, 1.82) is 0 Å². The molecule has 0 atom stereocenters. The van der Waals surface area contributed by atoms with Gasteiger partial charge in [0.1, 0.15) is 12.4 Å². The summed E-state index contributed by atoms with van der Waals surface area (Å²) in [6, 6.07) is 10.1. The highest BCUT2D eigenvalue weighted by Gasteiger charge is 2.23. The largest absolute Gasteiger partial charge is 0.489 e. The number of carbonyl (C=O) groups is 1. The lowest BCUT2D eigenvalue weighted by molar-refractivity contribution is -0.116. The summed E-state index contributed by atoms with van der Waals surface area (Å²) in [4.78, 5) is 13.5. The van der Waals surface area contributed by atoms with Gasteiger partial charge in [0.25, 0.3) is 10.0 Å². The molecule has 0 aliphatic carbocycles. The third kappa shape index (κ3) is 3.46. The molecule has 2 aromatic carbocycles. The van der Waals surface area contributed by atoms with E-state index >= 15 is 0 Å². The first-order valence-electron chi connectivity index (χ1n) is 7.93. The number of hydrogen-bond acceptors (Lipinski definition) is 4. The van der Waals surface area contributed by atoms with Crippen molar-refractivity contribution in [3.63, 3.8) is 0 Å². The number of sulfonamides is 1. The number of ether oxygens (including phenoxy) is 1. The summed E-state index contributed by atoms with van der Waals surface area (Å²) in [5.41, 5.74) is 2.73. The fraction of sp³-hybridized carbons (Fsp3) is 0.278. The minimum atomic E-state index is -3.70. The molecule has 0 aromatic heterocycles. The minimum Gasteiger partial charge on any atom is -0.489 e. The van der Waals surface area contributed by atoms with Gasteiger partial charge in [-0.2, -0.15) is 0 Å². The standard InChI is InChI=1S/C18H20N2O4S/c1-12-4-7-18(13(2)10-12)25(22,23)19-15-5-6-16-17(11-15)24-9-8-20(16)14(3)21/h4-7,10-11,19H,8-9H2,1-3H3. The van der Waals surface area contributed by atoms with E-state index in [9.17, 15) is 13.2 Å². The predicted octanol–water partition coefficient (Wildman–Crippen LogP) is 2.85. The van der Waals surface area contributed by atoms with E-state index in [4.69, 9.17) is 4.74 Å². The molecule has 6 nitrogen and oxygen atoms in total. The SMILES string of the molecule is CC(=O)N1CCOc2cc(NS(=O)(=O)c3ccc(C)cc3C)ccc21. The lowest BCUT2D eigenvalue weighted by Crippen LogP contribution is -2.36. The molecule has 3 rings (SSSR count). The summed E-state index contributed by atoms with van der Waals surface area (Å²) < 4.78 is 33.5. The van der Waals surface area contributed by atoms with Crippen molar-refractivity contribution in [3.8, 4) is 5.75 Å². The summed E-state index contributed by atoms with van der Waals surface area (Å²) in [6.07, 6.45) is 0. The number of carbonyl (C=O) groups excluding carboxylic acids is 1. The maximum atomic E-state index is 12.7. The van der Waals surface area contributed by atoms with E-state index in [1.165, 1.54) is 6.92 Å². The zero-order valence-corrected chi connectivity index (χ0v) is 15.2. The average molecular weight is 360 g/mol. The van der Waals surface area contributed by atoms with Gasteiger partial charge < -0.3 is 9.64 Å². The van der Waals surface area contributed by atoms with Gasteiger partial charge in [-0.25, -0.2) is 8.42 Å². The first-order chi connectivity index (χ1) is 11.8. The van der Waals surface area contributed by atoms with Crippen LogP contribution in [0.1, 0.15) is 18.1 Å². The van der Waals surface area contributed by atoms with Crippen molar-refractivity contribution in [2.24, 2.45) is 0 Å². The van der Waals surface area contributed by atoms with Crippen molar-refractivity contribution in [2.45, 2.75) is 25.7 Å². The summed E-state index contributed by atoms with van der Waals surface area (Å²) in [7, 11) is -3.70. The molecule has 0 saturated heterocycles. The lowest BCUT2D eigenvalue weighted by atomic mass is 10.2. The lowest BCUT2D eigenvalue weighted by Gasteiger charge is -2.29. The highest BCUT2D eigenvalue weighted by Crippen LogP contribution is 2.35. The zero-order chi connectivity index (χ0) is 18.2. The third-order valence-corrected chi connectivity index (χ3v) is 5.62. The number of hydrogen-bond donors (Lipinski definition) is 1. The average Bonchev–Trinajstić information content (AvgIpc) is 2.53. The van der Waals surface area contributed by atoms with E-state index in [1.54, 1.807) is 42.2 Å². The van der Waals surface area contributed by atoms with Crippen molar-refractivity contribution in [1.82, 2.24) is 0 Å². The second-order valence-electron chi connectivity index (χ2n) is 6.08. The minimum absolute atomic E-state index is 0.0758. The molecule has 1 heterocycles. The van der Waals surface area contributed by atoms with Crippen LogP contribution < -0.4 is 14.4 Å². The topological polar surface area (TPSA) is 75.7 Å². The normalized spacial score (nSPS) is 13.8. The zero-order valence-electron chi connectivity index (χ0n) is 14.4. The molecule has 7 heteroatoms. The van der Waals surface area contributed by atoms with Crippen LogP contribution in [0.4, 0.5) is 11.4 Å². The summed E-state index contributed by atoms with van der Waals surface area (Å²) >= 11 is 0. The van der Waals surface area contributed by atoms with Crippen molar-refractivity contribution >= 4 is 27.3 Å². The Kier molecular flexibility index (Phi) is 4.43. The Labute approximate surface area is 147 Å². The Morgan fingerprint density at radius 3 is 2.60 bits per heavy atom. The number of amides is 1. The van der Waals surface area contributed by atoms with Gasteiger partial charge in [0.15, 0.2) is 0 Å². The van der Waals surface area contributed by atoms with Gasteiger partial charge in [-0.05, 0) is 37.6 Å². The quantitative estimate of drug-likeness (QED) is 0.913. The van der Waals surface area contributed by atoms with Gasteiger partial charge in [-0.3, -0.25) is 9.52 Å². The molecular weight excluding hydrogens is 340 g/mol. The third-order valence-electron chi connectivity index (χ3n) is 4.08. The summed E-state index contributed by atoms with van der Waals surface area (Å²) in [5.74, 6) is 0.412. The van der Waals surface area contributed by atoms with Crippen LogP contribution in [0.15, 0.2) is 41.3 Å². The van der Waals surface area contributed by atoms with Gasteiger partial charge in [0.2, 0.25) is 5.91 Å². The second kappa shape index (κ2) is 6.40. The van der Waals surface area contributed by atoms with E-state index < -0.39 is 10.0 Å². The number of nitrogens with zero attached hydrogens (tertiary/aromatic N) is 1. The first kappa shape index (κ1) is 17.3.